The van der Waals surface area contributed by atoms with Gasteiger partial charge in [-0.2, -0.15) is 0 Å². The van der Waals surface area contributed by atoms with E-state index in [1.165, 1.54) is 0 Å². The molecule has 2 aromatic rings. The summed E-state index contributed by atoms with van der Waals surface area (Å²) in [5.41, 5.74) is 0.911. The number of nitrogens with zero attached hydrogens (tertiary/aromatic N) is 2. The molecule has 0 spiro atoms. The number of carbonyl (C=O) groups excluding carboxylic acids is 1. The predicted molar refractivity (Wildman–Crippen MR) is 103 cm³/mol. The van der Waals surface area contributed by atoms with Crippen LogP contribution in [0.3, 0.4) is 0 Å². The molecule has 0 bridgehead atoms. The van der Waals surface area contributed by atoms with Gasteiger partial charge in [-0.05, 0) is 37.6 Å². The summed E-state index contributed by atoms with van der Waals surface area (Å²) in [6.45, 7) is 9.00. The minimum atomic E-state index is -0.0136. The smallest absolute Gasteiger partial charge is 0.225 e. The normalized spacial score (nSPS) is 12.2. The van der Waals surface area contributed by atoms with Crippen molar-refractivity contribution in [2.45, 2.75) is 53.3 Å². The van der Waals surface area contributed by atoms with Crippen molar-refractivity contribution in [1.29, 1.82) is 0 Å². The van der Waals surface area contributed by atoms with Crippen molar-refractivity contribution in [1.82, 2.24) is 9.88 Å². The summed E-state index contributed by atoms with van der Waals surface area (Å²) in [6.07, 6.45) is 0.926. The van der Waals surface area contributed by atoms with Gasteiger partial charge >= 0.3 is 0 Å². The Morgan fingerprint density at radius 2 is 1.96 bits per heavy atom. The van der Waals surface area contributed by atoms with Crippen LogP contribution in [-0.4, -0.2) is 21.8 Å². The largest absolute Gasteiger partial charge is 0.486 e. The molecule has 0 saturated heterocycles. The molecule has 1 aromatic heterocycles. The molecule has 0 aliphatic carbocycles. The summed E-state index contributed by atoms with van der Waals surface area (Å²) in [5, 5.41) is 3.58. The third-order valence-corrected chi connectivity index (χ3v) is 5.13. The third kappa shape index (κ3) is 5.72. The fourth-order valence-electron chi connectivity index (χ4n) is 2.34. The molecule has 0 N–H and O–H groups in total. The van der Waals surface area contributed by atoms with Crippen LogP contribution in [0.25, 0.3) is 0 Å². The maximum Gasteiger partial charge on any atom is 0.225 e. The number of amides is 1. The molecule has 1 heterocycles. The number of ether oxygens (including phenoxy) is 1. The van der Waals surface area contributed by atoms with Crippen LogP contribution in [0.5, 0.6) is 5.75 Å². The van der Waals surface area contributed by atoms with Crippen molar-refractivity contribution in [2.24, 2.45) is 5.92 Å². The van der Waals surface area contributed by atoms with E-state index in [0.717, 1.165) is 22.9 Å². The SMILES string of the molecule is CC[C@H](C)N(Cc1csc(COc2ccc(Cl)cc2)n1)C(=O)C(C)C. The van der Waals surface area contributed by atoms with Gasteiger partial charge in [-0.3, -0.25) is 4.79 Å². The van der Waals surface area contributed by atoms with Gasteiger partial charge in [0, 0.05) is 22.4 Å². The Morgan fingerprint density at radius 1 is 1.28 bits per heavy atom. The van der Waals surface area contributed by atoms with E-state index in [1.54, 1.807) is 23.5 Å². The lowest BCUT2D eigenvalue weighted by atomic mass is 10.1. The van der Waals surface area contributed by atoms with Gasteiger partial charge in [-0.25, -0.2) is 4.98 Å². The lowest BCUT2D eigenvalue weighted by Crippen LogP contribution is -2.40. The molecule has 136 valence electrons. The lowest BCUT2D eigenvalue weighted by Gasteiger charge is -2.29. The first kappa shape index (κ1) is 19.7. The van der Waals surface area contributed by atoms with Gasteiger partial charge in [0.25, 0.3) is 0 Å². The van der Waals surface area contributed by atoms with Crippen molar-refractivity contribution < 1.29 is 9.53 Å². The number of hydrogen-bond donors (Lipinski definition) is 0. The van der Waals surface area contributed by atoms with Crippen molar-refractivity contribution in [3.8, 4) is 5.75 Å². The highest BCUT2D eigenvalue weighted by atomic mass is 35.5. The zero-order chi connectivity index (χ0) is 18.4. The molecule has 0 saturated carbocycles. The molecule has 0 aliphatic heterocycles. The molecule has 0 aliphatic rings. The average molecular weight is 381 g/mol. The van der Waals surface area contributed by atoms with Crippen LogP contribution in [0.15, 0.2) is 29.6 Å². The fourth-order valence-corrected chi connectivity index (χ4v) is 3.16. The molecular formula is C19H25ClN2O2S. The highest BCUT2D eigenvalue weighted by molar-refractivity contribution is 7.09. The molecule has 0 fully saturated rings. The van der Waals surface area contributed by atoms with Crippen LogP contribution in [-0.2, 0) is 17.9 Å². The second-order valence-corrected chi connectivity index (χ2v) is 7.73. The molecule has 0 radical (unpaired) electrons. The van der Waals surface area contributed by atoms with Crippen molar-refractivity contribution in [3.63, 3.8) is 0 Å². The van der Waals surface area contributed by atoms with E-state index < -0.39 is 0 Å². The second kappa shape index (κ2) is 9.20. The van der Waals surface area contributed by atoms with E-state index in [4.69, 9.17) is 16.3 Å². The molecule has 4 nitrogen and oxygen atoms in total. The molecule has 1 aromatic carbocycles. The minimum Gasteiger partial charge on any atom is -0.486 e. The van der Waals surface area contributed by atoms with Gasteiger partial charge in [-0.15, -0.1) is 11.3 Å². The van der Waals surface area contributed by atoms with Gasteiger partial charge in [0.15, 0.2) is 0 Å². The molecule has 1 amide bonds. The van der Waals surface area contributed by atoms with E-state index in [2.05, 4.69) is 18.8 Å². The van der Waals surface area contributed by atoms with Gasteiger partial charge in [0.05, 0.1) is 12.2 Å². The van der Waals surface area contributed by atoms with Crippen LogP contribution in [0, 0.1) is 5.92 Å². The van der Waals surface area contributed by atoms with Gasteiger partial charge in [0.2, 0.25) is 5.91 Å². The Balaban J connectivity index is 1.98. The van der Waals surface area contributed by atoms with Crippen LogP contribution in [0.4, 0.5) is 0 Å². The molecule has 25 heavy (non-hydrogen) atoms. The van der Waals surface area contributed by atoms with Crippen LogP contribution >= 0.6 is 22.9 Å². The Morgan fingerprint density at radius 3 is 2.56 bits per heavy atom. The number of rotatable bonds is 8. The van der Waals surface area contributed by atoms with Gasteiger partial charge in [0.1, 0.15) is 17.4 Å². The standard InChI is InChI=1S/C19H25ClN2O2S/c1-5-14(4)22(19(23)13(2)3)10-16-12-25-18(21-16)11-24-17-8-6-15(20)7-9-17/h6-9,12-14H,5,10-11H2,1-4H3/t14-/m0/s1. The first-order valence-electron chi connectivity index (χ1n) is 8.52. The first-order valence-corrected chi connectivity index (χ1v) is 9.78. The predicted octanol–water partition coefficient (Wildman–Crippen LogP) is 5.16. The highest BCUT2D eigenvalue weighted by Gasteiger charge is 2.22. The zero-order valence-electron chi connectivity index (χ0n) is 15.2. The number of benzene rings is 1. The molecular weight excluding hydrogens is 356 g/mol. The lowest BCUT2D eigenvalue weighted by molar-refractivity contribution is -0.137. The number of aromatic nitrogens is 1. The second-order valence-electron chi connectivity index (χ2n) is 6.35. The average Bonchev–Trinajstić information content (AvgIpc) is 3.05. The number of halogens is 1. The number of thiazole rings is 1. The van der Waals surface area contributed by atoms with E-state index in [9.17, 15) is 4.79 Å². The summed E-state index contributed by atoms with van der Waals surface area (Å²) >= 11 is 7.42. The molecule has 1 atom stereocenters. The van der Waals surface area contributed by atoms with E-state index >= 15 is 0 Å². The Labute approximate surface area is 158 Å². The highest BCUT2D eigenvalue weighted by Crippen LogP contribution is 2.20. The summed E-state index contributed by atoms with van der Waals surface area (Å²) in [4.78, 5) is 19.0. The van der Waals surface area contributed by atoms with Crippen LogP contribution in [0.1, 0.15) is 44.8 Å². The van der Waals surface area contributed by atoms with Crippen LogP contribution < -0.4 is 4.74 Å². The molecule has 2 rings (SSSR count). The minimum absolute atomic E-state index is 0.0136. The fraction of sp³-hybridized carbons (Fsp3) is 0.474. The van der Waals surface area contributed by atoms with Crippen molar-refractivity contribution in [3.05, 3.63) is 45.4 Å². The topological polar surface area (TPSA) is 42.4 Å². The van der Waals surface area contributed by atoms with E-state index in [1.807, 2.05) is 36.3 Å². The van der Waals surface area contributed by atoms with Gasteiger partial charge in [-0.1, -0.05) is 32.4 Å². The summed E-state index contributed by atoms with van der Waals surface area (Å²) in [6, 6.07) is 7.47. The Hall–Kier alpha value is -1.59. The summed E-state index contributed by atoms with van der Waals surface area (Å²) in [7, 11) is 0. The first-order chi connectivity index (χ1) is 11.9. The Bertz CT molecular complexity index is 685. The maximum absolute atomic E-state index is 12.5. The quantitative estimate of drug-likeness (QED) is 0.635. The summed E-state index contributed by atoms with van der Waals surface area (Å²) in [5.74, 6) is 0.916. The zero-order valence-corrected chi connectivity index (χ0v) is 16.7. The monoisotopic (exact) mass is 380 g/mol. The number of hydrogen-bond acceptors (Lipinski definition) is 4. The maximum atomic E-state index is 12.5. The molecule has 0 unspecified atom stereocenters. The summed E-state index contributed by atoms with van der Waals surface area (Å²) < 4.78 is 5.73. The van der Waals surface area contributed by atoms with E-state index in [-0.39, 0.29) is 17.9 Å². The van der Waals surface area contributed by atoms with Crippen LogP contribution in [0.2, 0.25) is 5.02 Å². The number of carbonyl (C=O) groups is 1. The van der Waals surface area contributed by atoms with Gasteiger partial charge < -0.3 is 9.64 Å². The Kier molecular flexibility index (Phi) is 7.26. The van der Waals surface area contributed by atoms with E-state index in [0.29, 0.717) is 18.2 Å². The molecule has 6 heteroatoms. The van der Waals surface area contributed by atoms with Crippen molar-refractivity contribution in [2.75, 3.05) is 0 Å². The van der Waals surface area contributed by atoms with Crippen molar-refractivity contribution >= 4 is 28.8 Å². The third-order valence-electron chi connectivity index (χ3n) is 4.01.